The maximum Gasteiger partial charge on any atom is 0.306 e. The third kappa shape index (κ3) is 31.4. The summed E-state index contributed by atoms with van der Waals surface area (Å²) in [7, 11) is 0. The van der Waals surface area contributed by atoms with Gasteiger partial charge >= 0.3 is 11.9 Å². The Morgan fingerprint density at radius 2 is 0.949 bits per heavy atom. The van der Waals surface area contributed by atoms with E-state index in [4.69, 9.17) is 18.9 Å². The molecular formula is C49H88O10. The van der Waals surface area contributed by atoms with Crippen molar-refractivity contribution in [2.75, 3.05) is 19.8 Å². The number of hydrogen-bond donors (Lipinski definition) is 4. The number of carbonyl (C=O) groups is 2. The second-order valence-corrected chi connectivity index (χ2v) is 16.6. The minimum atomic E-state index is -1.60. The Bertz CT molecular complexity index is 1060. The molecule has 1 heterocycles. The fourth-order valence-electron chi connectivity index (χ4n) is 7.15. The SMILES string of the molecule is CCCCC/C=C/C/C=C/CCCCCCCCCCCC(=O)OC[C@@H](CO[C@H]1O[C@@H](CO)[C@@H](O)C(O)C1O)OC(=O)CCCC/C=C/CCCCCCCCCCC. The third-order valence-corrected chi connectivity index (χ3v) is 11.0. The van der Waals surface area contributed by atoms with E-state index < -0.39 is 49.4 Å². The number of aliphatic hydroxyl groups excluding tert-OH is 4. The van der Waals surface area contributed by atoms with E-state index in [1.165, 1.54) is 116 Å². The van der Waals surface area contributed by atoms with E-state index in [0.717, 1.165) is 57.8 Å². The first-order valence-electron chi connectivity index (χ1n) is 24.1. The third-order valence-electron chi connectivity index (χ3n) is 11.0. The molecule has 4 N–H and O–H groups in total. The van der Waals surface area contributed by atoms with Gasteiger partial charge in [0.25, 0.3) is 0 Å². The molecule has 344 valence electrons. The van der Waals surface area contributed by atoms with Crippen molar-refractivity contribution in [2.24, 2.45) is 0 Å². The zero-order chi connectivity index (χ0) is 43.0. The minimum absolute atomic E-state index is 0.200. The van der Waals surface area contributed by atoms with Gasteiger partial charge in [0.05, 0.1) is 13.2 Å². The van der Waals surface area contributed by atoms with Crippen LogP contribution in [0.4, 0.5) is 0 Å². The molecule has 1 aliphatic heterocycles. The Morgan fingerprint density at radius 3 is 1.49 bits per heavy atom. The summed E-state index contributed by atoms with van der Waals surface area (Å²) in [6.45, 7) is 3.39. The summed E-state index contributed by atoms with van der Waals surface area (Å²) in [5, 5.41) is 40.1. The monoisotopic (exact) mass is 837 g/mol. The molecule has 1 rings (SSSR count). The lowest BCUT2D eigenvalue weighted by atomic mass is 9.99. The summed E-state index contributed by atoms with van der Waals surface area (Å²) in [4.78, 5) is 25.4. The number of rotatable bonds is 40. The van der Waals surface area contributed by atoms with Gasteiger partial charge in [-0.3, -0.25) is 9.59 Å². The highest BCUT2D eigenvalue weighted by molar-refractivity contribution is 5.70. The molecule has 2 unspecified atom stereocenters. The molecule has 0 radical (unpaired) electrons. The fraction of sp³-hybridized carbons (Fsp3) is 0.837. The van der Waals surface area contributed by atoms with Crippen molar-refractivity contribution in [2.45, 2.75) is 243 Å². The van der Waals surface area contributed by atoms with Gasteiger partial charge in [0.2, 0.25) is 0 Å². The van der Waals surface area contributed by atoms with E-state index in [1.807, 2.05) is 0 Å². The van der Waals surface area contributed by atoms with Gasteiger partial charge in [0, 0.05) is 12.8 Å². The zero-order valence-corrected chi connectivity index (χ0v) is 37.5. The summed E-state index contributed by atoms with van der Waals surface area (Å²) in [5.41, 5.74) is 0. The van der Waals surface area contributed by atoms with E-state index in [1.54, 1.807) is 0 Å². The largest absolute Gasteiger partial charge is 0.462 e. The molecule has 59 heavy (non-hydrogen) atoms. The Morgan fingerprint density at radius 1 is 0.525 bits per heavy atom. The van der Waals surface area contributed by atoms with Gasteiger partial charge in [-0.25, -0.2) is 0 Å². The van der Waals surface area contributed by atoms with Crippen molar-refractivity contribution in [1.29, 1.82) is 0 Å². The Balaban J connectivity index is 2.30. The number of hydrogen-bond acceptors (Lipinski definition) is 10. The highest BCUT2D eigenvalue weighted by atomic mass is 16.7. The maximum atomic E-state index is 12.8. The van der Waals surface area contributed by atoms with Crippen LogP contribution in [-0.4, -0.2) is 89.0 Å². The molecule has 1 fully saturated rings. The molecule has 1 saturated heterocycles. The number of unbranched alkanes of at least 4 members (excludes halogenated alkanes) is 23. The first-order chi connectivity index (χ1) is 28.8. The van der Waals surface area contributed by atoms with E-state index in [9.17, 15) is 30.0 Å². The predicted molar refractivity (Wildman–Crippen MR) is 238 cm³/mol. The zero-order valence-electron chi connectivity index (χ0n) is 37.5. The summed E-state index contributed by atoms with van der Waals surface area (Å²) >= 11 is 0. The molecule has 0 aromatic heterocycles. The maximum absolute atomic E-state index is 12.8. The molecule has 0 saturated carbocycles. The van der Waals surface area contributed by atoms with Crippen LogP contribution < -0.4 is 0 Å². The molecule has 0 bridgehead atoms. The van der Waals surface area contributed by atoms with Crippen LogP contribution in [0, 0.1) is 0 Å². The Labute approximate surface area is 359 Å². The summed E-state index contributed by atoms with van der Waals surface area (Å²) in [6.07, 6.45) is 38.6. The second kappa shape index (κ2) is 40.0. The van der Waals surface area contributed by atoms with Crippen LogP contribution in [0.3, 0.4) is 0 Å². The van der Waals surface area contributed by atoms with Crippen LogP contribution in [0.2, 0.25) is 0 Å². The van der Waals surface area contributed by atoms with Crippen molar-refractivity contribution < 1.29 is 49.0 Å². The summed E-state index contributed by atoms with van der Waals surface area (Å²) in [6, 6.07) is 0. The minimum Gasteiger partial charge on any atom is -0.462 e. The van der Waals surface area contributed by atoms with Crippen molar-refractivity contribution >= 4 is 11.9 Å². The van der Waals surface area contributed by atoms with Crippen molar-refractivity contribution in [3.8, 4) is 0 Å². The van der Waals surface area contributed by atoms with Crippen LogP contribution in [0.5, 0.6) is 0 Å². The van der Waals surface area contributed by atoms with Gasteiger partial charge in [-0.1, -0.05) is 159 Å². The number of carbonyl (C=O) groups excluding carboxylic acids is 2. The van der Waals surface area contributed by atoms with Crippen LogP contribution >= 0.6 is 0 Å². The second-order valence-electron chi connectivity index (χ2n) is 16.6. The Kier molecular flexibility index (Phi) is 37.3. The van der Waals surface area contributed by atoms with Crippen LogP contribution in [0.1, 0.15) is 206 Å². The van der Waals surface area contributed by atoms with Gasteiger partial charge < -0.3 is 39.4 Å². The quantitative estimate of drug-likeness (QED) is 0.0267. The molecule has 0 spiro atoms. The fourth-order valence-corrected chi connectivity index (χ4v) is 7.15. The summed E-state index contributed by atoms with van der Waals surface area (Å²) in [5.74, 6) is -0.833. The predicted octanol–water partition coefficient (Wildman–Crippen LogP) is 10.7. The average molecular weight is 837 g/mol. The van der Waals surface area contributed by atoms with Gasteiger partial charge in [-0.2, -0.15) is 0 Å². The normalized spacial score (nSPS) is 20.3. The van der Waals surface area contributed by atoms with Crippen molar-refractivity contribution in [1.82, 2.24) is 0 Å². The van der Waals surface area contributed by atoms with Gasteiger partial charge in [0.15, 0.2) is 12.4 Å². The lowest BCUT2D eigenvalue weighted by Crippen LogP contribution is -2.59. The van der Waals surface area contributed by atoms with Crippen LogP contribution in [-0.2, 0) is 28.5 Å². The van der Waals surface area contributed by atoms with Crippen molar-refractivity contribution in [3.63, 3.8) is 0 Å². The molecule has 6 atom stereocenters. The lowest BCUT2D eigenvalue weighted by molar-refractivity contribution is -0.305. The molecule has 0 aromatic carbocycles. The van der Waals surface area contributed by atoms with E-state index >= 15 is 0 Å². The molecule has 0 aliphatic carbocycles. The molecule has 0 amide bonds. The topological polar surface area (TPSA) is 152 Å². The van der Waals surface area contributed by atoms with Crippen LogP contribution in [0.25, 0.3) is 0 Å². The van der Waals surface area contributed by atoms with Crippen molar-refractivity contribution in [3.05, 3.63) is 36.5 Å². The standard InChI is InChI=1S/C49H88O10/c1-3-5-7-9-11-13-15-17-19-20-21-22-24-25-27-29-31-33-35-37-44(51)56-40-42(41-57-49-48(55)47(54)46(53)43(39-50)59-49)58-45(52)38-36-34-32-30-28-26-23-18-16-14-12-10-8-6-4-2/h11,13,17,19,28,30,42-43,46-50,53-55H,3-10,12,14-16,18,20-27,29,31-41H2,1-2H3/b13-11+,19-17+,30-28+/t42-,43-,46+,47?,48?,49-/m0/s1. The molecule has 10 heteroatoms. The van der Waals surface area contributed by atoms with E-state index in [2.05, 4.69) is 50.3 Å². The Hall–Kier alpha value is -2.08. The highest BCUT2D eigenvalue weighted by Gasteiger charge is 2.44. The number of aliphatic hydroxyl groups is 4. The highest BCUT2D eigenvalue weighted by Crippen LogP contribution is 2.23. The van der Waals surface area contributed by atoms with Gasteiger partial charge in [0.1, 0.15) is 31.0 Å². The number of allylic oxidation sites excluding steroid dienone is 6. The average Bonchev–Trinajstić information content (AvgIpc) is 3.23. The van der Waals surface area contributed by atoms with Crippen LogP contribution in [0.15, 0.2) is 36.5 Å². The van der Waals surface area contributed by atoms with Gasteiger partial charge in [-0.15, -0.1) is 0 Å². The molecule has 0 aromatic rings. The number of esters is 2. The van der Waals surface area contributed by atoms with E-state index in [0.29, 0.717) is 6.42 Å². The number of ether oxygens (including phenoxy) is 4. The van der Waals surface area contributed by atoms with Gasteiger partial charge in [-0.05, 0) is 70.6 Å². The van der Waals surface area contributed by atoms with E-state index in [-0.39, 0.29) is 32.0 Å². The molecule has 10 nitrogen and oxygen atoms in total. The first-order valence-corrected chi connectivity index (χ1v) is 24.1. The first kappa shape index (κ1) is 54.9. The lowest BCUT2D eigenvalue weighted by Gasteiger charge is -2.39. The molecular weight excluding hydrogens is 749 g/mol. The smallest absolute Gasteiger partial charge is 0.306 e. The summed E-state index contributed by atoms with van der Waals surface area (Å²) < 4.78 is 22.2. The molecule has 1 aliphatic rings.